The van der Waals surface area contributed by atoms with Crippen LogP contribution >= 0.6 is 11.6 Å². The first-order valence-corrected chi connectivity index (χ1v) is 4.92. The van der Waals surface area contributed by atoms with E-state index in [0.29, 0.717) is 5.56 Å². The lowest BCUT2D eigenvalue weighted by atomic mass is 9.79. The van der Waals surface area contributed by atoms with Crippen molar-refractivity contribution in [3.8, 4) is 0 Å². The van der Waals surface area contributed by atoms with Crippen molar-refractivity contribution in [2.75, 3.05) is 0 Å². The largest absolute Gasteiger partial charge is 0.489 e. The second kappa shape index (κ2) is 5.31. The zero-order chi connectivity index (χ0) is 12.3. The quantitative estimate of drug-likeness (QED) is 0.507. The zero-order valence-corrected chi connectivity index (χ0v) is 9.05. The van der Waals surface area contributed by atoms with Gasteiger partial charge in [-0.1, -0.05) is 23.7 Å². The van der Waals surface area contributed by atoms with Gasteiger partial charge in [-0.3, -0.25) is 4.79 Å². The molecule has 0 saturated heterocycles. The topological polar surface area (TPSA) is 104 Å². The number of carboxylic acid groups (broad SMARTS) is 1. The summed E-state index contributed by atoms with van der Waals surface area (Å²) in [5, 5.41) is 26.8. The van der Waals surface area contributed by atoms with Gasteiger partial charge in [-0.2, -0.15) is 0 Å². The van der Waals surface area contributed by atoms with Gasteiger partial charge in [0.05, 0.1) is 0 Å². The zero-order valence-electron chi connectivity index (χ0n) is 8.30. The van der Waals surface area contributed by atoms with Gasteiger partial charge >= 0.3 is 13.1 Å². The average Bonchev–Trinajstić information content (AvgIpc) is 2.20. The molecule has 16 heavy (non-hydrogen) atoms. The van der Waals surface area contributed by atoms with Crippen molar-refractivity contribution in [2.45, 2.75) is 12.5 Å². The van der Waals surface area contributed by atoms with Crippen LogP contribution in [0.5, 0.6) is 0 Å². The Labute approximate surface area is 97.6 Å². The number of aliphatic carboxylic acids is 1. The standard InChI is InChI=1S/C9H11BClNO4/c11-7-2-1-5(3-6(7)10(15)16)4-8(12)9(13)14/h1-3,8,15-16H,4,12H2,(H,13,14)/t8-/m0/s1. The van der Waals surface area contributed by atoms with E-state index < -0.39 is 19.1 Å². The highest BCUT2D eigenvalue weighted by Crippen LogP contribution is 2.09. The van der Waals surface area contributed by atoms with Gasteiger partial charge in [0, 0.05) is 10.5 Å². The number of hydrogen-bond donors (Lipinski definition) is 4. The molecule has 0 amide bonds. The highest BCUT2D eigenvalue weighted by molar-refractivity contribution is 6.62. The molecule has 0 aromatic heterocycles. The summed E-state index contributed by atoms with van der Waals surface area (Å²) in [6, 6.07) is 3.47. The molecular formula is C9H11BClNO4. The van der Waals surface area contributed by atoms with E-state index in [9.17, 15) is 4.79 Å². The van der Waals surface area contributed by atoms with E-state index in [-0.39, 0.29) is 16.9 Å². The van der Waals surface area contributed by atoms with Gasteiger partial charge in [0.15, 0.2) is 0 Å². The Morgan fingerprint density at radius 2 is 2.12 bits per heavy atom. The third-order valence-corrected chi connectivity index (χ3v) is 2.46. The molecule has 0 heterocycles. The minimum atomic E-state index is -1.69. The molecule has 5 nitrogen and oxygen atoms in total. The third-order valence-electron chi connectivity index (χ3n) is 2.11. The average molecular weight is 243 g/mol. The first kappa shape index (κ1) is 13.0. The Hall–Kier alpha value is -1.08. The van der Waals surface area contributed by atoms with E-state index in [1.807, 2.05) is 0 Å². The second-order valence-corrected chi connectivity index (χ2v) is 3.79. The van der Waals surface area contributed by atoms with Crippen molar-refractivity contribution in [3.63, 3.8) is 0 Å². The predicted molar refractivity (Wildman–Crippen MR) is 60.6 cm³/mol. The normalized spacial score (nSPS) is 12.2. The highest BCUT2D eigenvalue weighted by Gasteiger charge is 2.18. The van der Waals surface area contributed by atoms with E-state index in [4.69, 9.17) is 32.5 Å². The fraction of sp³-hybridized carbons (Fsp3) is 0.222. The fourth-order valence-corrected chi connectivity index (χ4v) is 1.47. The van der Waals surface area contributed by atoms with Crippen LogP contribution in [0.25, 0.3) is 0 Å². The maximum Gasteiger partial charge on any atom is 0.489 e. The summed E-state index contributed by atoms with van der Waals surface area (Å²) in [6.45, 7) is 0. The number of halogens is 1. The predicted octanol–water partition coefficient (Wildman–Crippen LogP) is -1.03. The van der Waals surface area contributed by atoms with Gasteiger partial charge in [-0.15, -0.1) is 0 Å². The highest BCUT2D eigenvalue weighted by atomic mass is 35.5. The lowest BCUT2D eigenvalue weighted by Gasteiger charge is -2.09. The Balaban J connectivity index is 2.91. The number of carbonyl (C=O) groups is 1. The van der Waals surface area contributed by atoms with Gasteiger partial charge in [-0.05, 0) is 18.1 Å². The Morgan fingerprint density at radius 1 is 1.50 bits per heavy atom. The van der Waals surface area contributed by atoms with Crippen LogP contribution in [-0.2, 0) is 11.2 Å². The van der Waals surface area contributed by atoms with Crippen LogP contribution in [0.2, 0.25) is 5.02 Å². The van der Waals surface area contributed by atoms with Crippen molar-refractivity contribution in [3.05, 3.63) is 28.8 Å². The molecule has 1 aromatic carbocycles. The number of hydrogen-bond acceptors (Lipinski definition) is 4. The number of rotatable bonds is 4. The van der Waals surface area contributed by atoms with Crippen molar-refractivity contribution < 1.29 is 19.9 Å². The van der Waals surface area contributed by atoms with Gasteiger partial charge in [0.1, 0.15) is 6.04 Å². The molecule has 0 aliphatic rings. The molecule has 1 aromatic rings. The molecule has 86 valence electrons. The van der Waals surface area contributed by atoms with Crippen molar-refractivity contribution in [1.82, 2.24) is 0 Å². The molecule has 1 atom stereocenters. The molecule has 0 bridgehead atoms. The summed E-state index contributed by atoms with van der Waals surface area (Å²) in [6.07, 6.45) is 0.103. The molecule has 0 saturated carbocycles. The summed E-state index contributed by atoms with van der Waals surface area (Å²) < 4.78 is 0. The summed E-state index contributed by atoms with van der Waals surface area (Å²) >= 11 is 5.72. The summed E-state index contributed by atoms with van der Waals surface area (Å²) in [4.78, 5) is 10.5. The minimum absolute atomic E-state index is 0.103. The lowest BCUT2D eigenvalue weighted by Crippen LogP contribution is -2.34. The summed E-state index contributed by atoms with van der Waals surface area (Å²) in [7, 11) is -1.69. The molecule has 0 fully saturated rings. The molecule has 0 radical (unpaired) electrons. The van der Waals surface area contributed by atoms with Gasteiger partial charge in [0.2, 0.25) is 0 Å². The molecule has 0 unspecified atom stereocenters. The Bertz CT molecular complexity index is 399. The Kier molecular flexibility index (Phi) is 4.31. The first-order chi connectivity index (χ1) is 7.41. The van der Waals surface area contributed by atoms with Crippen LogP contribution in [0.15, 0.2) is 18.2 Å². The van der Waals surface area contributed by atoms with Crippen LogP contribution in [0.4, 0.5) is 0 Å². The number of nitrogens with two attached hydrogens (primary N) is 1. The Morgan fingerprint density at radius 3 is 2.62 bits per heavy atom. The second-order valence-electron chi connectivity index (χ2n) is 3.38. The summed E-state index contributed by atoms with van der Waals surface area (Å²) in [5.41, 5.74) is 6.08. The fourth-order valence-electron chi connectivity index (χ4n) is 1.26. The SMILES string of the molecule is N[C@@H](Cc1ccc(Cl)c(B(O)O)c1)C(=O)O. The monoisotopic (exact) mass is 243 g/mol. The molecule has 5 N–H and O–H groups in total. The van der Waals surface area contributed by atoms with Crippen molar-refractivity contribution in [2.24, 2.45) is 5.73 Å². The van der Waals surface area contributed by atoms with E-state index in [0.717, 1.165) is 0 Å². The van der Waals surface area contributed by atoms with E-state index in [1.54, 1.807) is 6.07 Å². The molecule has 0 spiro atoms. The van der Waals surface area contributed by atoms with Crippen molar-refractivity contribution in [1.29, 1.82) is 0 Å². The lowest BCUT2D eigenvalue weighted by molar-refractivity contribution is -0.138. The minimum Gasteiger partial charge on any atom is -0.480 e. The smallest absolute Gasteiger partial charge is 0.480 e. The van der Waals surface area contributed by atoms with Crippen LogP contribution in [-0.4, -0.2) is 34.3 Å². The maximum absolute atomic E-state index is 10.5. The van der Waals surface area contributed by atoms with Crippen LogP contribution < -0.4 is 11.2 Å². The number of carboxylic acids is 1. The van der Waals surface area contributed by atoms with E-state index in [1.165, 1.54) is 12.1 Å². The maximum atomic E-state index is 10.5. The van der Waals surface area contributed by atoms with Gasteiger partial charge < -0.3 is 20.9 Å². The molecular weight excluding hydrogens is 232 g/mol. The van der Waals surface area contributed by atoms with E-state index in [2.05, 4.69) is 0 Å². The van der Waals surface area contributed by atoms with E-state index >= 15 is 0 Å². The van der Waals surface area contributed by atoms with Crippen LogP contribution in [0, 0.1) is 0 Å². The molecule has 0 aliphatic carbocycles. The summed E-state index contributed by atoms with van der Waals surface area (Å²) in [5.74, 6) is -1.11. The third kappa shape index (κ3) is 3.21. The van der Waals surface area contributed by atoms with Gasteiger partial charge in [0.25, 0.3) is 0 Å². The number of benzene rings is 1. The first-order valence-electron chi connectivity index (χ1n) is 4.54. The molecule has 0 aliphatic heterocycles. The van der Waals surface area contributed by atoms with Crippen molar-refractivity contribution >= 4 is 30.2 Å². The van der Waals surface area contributed by atoms with Gasteiger partial charge in [-0.25, -0.2) is 0 Å². The molecule has 1 rings (SSSR count). The molecule has 7 heteroatoms. The van der Waals surface area contributed by atoms with Crippen LogP contribution in [0.3, 0.4) is 0 Å². The van der Waals surface area contributed by atoms with Crippen LogP contribution in [0.1, 0.15) is 5.56 Å².